The molecule has 2 heterocycles. The normalized spacial score (nSPS) is 16.3. The number of nitrogens with zero attached hydrogens (tertiary/aromatic N) is 2. The van der Waals surface area contributed by atoms with Crippen molar-refractivity contribution in [2.45, 2.75) is 30.5 Å². The average Bonchev–Trinajstić information content (AvgIpc) is 3.14. The fourth-order valence-corrected chi connectivity index (χ4v) is 5.58. The first-order chi connectivity index (χ1) is 12.0. The Morgan fingerprint density at radius 3 is 2.88 bits per heavy atom. The highest BCUT2D eigenvalue weighted by Crippen LogP contribution is 2.40. The van der Waals surface area contributed by atoms with Gasteiger partial charge in [0.25, 0.3) is 0 Å². The number of anilines is 2. The summed E-state index contributed by atoms with van der Waals surface area (Å²) in [5, 5.41) is 11.4. The highest BCUT2D eigenvalue weighted by atomic mass is 32.2. The molecule has 0 radical (unpaired) electrons. The van der Waals surface area contributed by atoms with Gasteiger partial charge in [-0.25, -0.2) is 4.79 Å². The third-order valence-electron chi connectivity index (χ3n) is 3.90. The number of aromatic nitrogens is 2. The summed E-state index contributed by atoms with van der Waals surface area (Å²) >= 11 is 3.98. The number of ether oxygens (including phenoxy) is 1. The third-order valence-corrected chi connectivity index (χ3v) is 6.96. The number of fused-ring (bicyclic) bond motifs is 1. The minimum atomic E-state index is -0.396. The van der Waals surface area contributed by atoms with Crippen molar-refractivity contribution in [3.8, 4) is 0 Å². The van der Waals surface area contributed by atoms with Crippen molar-refractivity contribution in [2.75, 3.05) is 23.9 Å². The number of nitrogens with two attached hydrogens (primary N) is 1. The highest BCUT2D eigenvalue weighted by molar-refractivity contribution is 8.01. The van der Waals surface area contributed by atoms with E-state index in [1.807, 2.05) is 0 Å². The van der Waals surface area contributed by atoms with Crippen LogP contribution in [0.4, 0.5) is 10.1 Å². The van der Waals surface area contributed by atoms with Crippen LogP contribution in [0.5, 0.6) is 0 Å². The average molecular weight is 399 g/mol. The van der Waals surface area contributed by atoms with E-state index in [9.17, 15) is 9.59 Å². The van der Waals surface area contributed by atoms with Gasteiger partial charge in [-0.05, 0) is 30.7 Å². The maximum absolute atomic E-state index is 12.3. The molecule has 10 heteroatoms. The van der Waals surface area contributed by atoms with Gasteiger partial charge in [0.05, 0.1) is 18.4 Å². The summed E-state index contributed by atoms with van der Waals surface area (Å²) < 4.78 is 5.56. The number of methoxy groups -OCH3 is 1. The summed E-state index contributed by atoms with van der Waals surface area (Å²) in [6, 6.07) is 0. The Hall–Kier alpha value is -1.65. The first kappa shape index (κ1) is 18.2. The van der Waals surface area contributed by atoms with E-state index in [0.717, 1.165) is 24.8 Å². The van der Waals surface area contributed by atoms with Crippen LogP contribution in [0.3, 0.4) is 0 Å². The Labute approximate surface area is 157 Å². The van der Waals surface area contributed by atoms with E-state index >= 15 is 0 Å². The van der Waals surface area contributed by atoms with Gasteiger partial charge in [0.1, 0.15) is 5.00 Å². The van der Waals surface area contributed by atoms with Crippen molar-refractivity contribution in [3.05, 3.63) is 16.0 Å². The van der Waals surface area contributed by atoms with Crippen molar-refractivity contribution in [2.24, 2.45) is 5.92 Å². The molecule has 0 fully saturated rings. The number of hydrogen-bond donors (Lipinski definition) is 2. The Morgan fingerprint density at radius 1 is 1.40 bits per heavy atom. The fourth-order valence-electron chi connectivity index (χ4n) is 2.73. The molecular weight excluding hydrogens is 380 g/mol. The fraction of sp³-hybridized carbons (Fsp3) is 0.467. The number of carbonyl (C=O) groups is 2. The Morgan fingerprint density at radius 2 is 2.20 bits per heavy atom. The zero-order chi connectivity index (χ0) is 18.0. The number of carbonyl (C=O) groups excluding carboxylic acids is 2. The number of rotatable bonds is 5. The number of thiophene rings is 1. The van der Waals surface area contributed by atoms with Gasteiger partial charge in [-0.2, -0.15) is 0 Å². The molecule has 2 aromatic heterocycles. The summed E-state index contributed by atoms with van der Waals surface area (Å²) in [6.45, 7) is 2.20. The van der Waals surface area contributed by atoms with Crippen LogP contribution in [0.25, 0.3) is 0 Å². The second-order valence-corrected chi connectivity index (χ2v) is 9.13. The summed E-state index contributed by atoms with van der Waals surface area (Å²) in [6.07, 6.45) is 2.81. The molecule has 3 rings (SSSR count). The van der Waals surface area contributed by atoms with E-state index in [2.05, 4.69) is 22.4 Å². The molecule has 0 saturated heterocycles. The van der Waals surface area contributed by atoms with Crippen LogP contribution in [-0.2, 0) is 22.4 Å². The van der Waals surface area contributed by atoms with E-state index in [0.29, 0.717) is 26.0 Å². The molecule has 0 bridgehead atoms. The summed E-state index contributed by atoms with van der Waals surface area (Å²) in [4.78, 5) is 25.7. The number of nitrogen functional groups attached to an aromatic ring is 1. The molecule has 0 saturated carbocycles. The van der Waals surface area contributed by atoms with Crippen LogP contribution in [0.2, 0.25) is 0 Å². The monoisotopic (exact) mass is 398 g/mol. The van der Waals surface area contributed by atoms with Crippen LogP contribution in [0, 0.1) is 5.92 Å². The van der Waals surface area contributed by atoms with Crippen LogP contribution >= 0.6 is 34.4 Å². The van der Waals surface area contributed by atoms with Gasteiger partial charge in [-0.3, -0.25) is 4.79 Å². The van der Waals surface area contributed by atoms with Gasteiger partial charge < -0.3 is 15.8 Å². The number of amides is 1. The van der Waals surface area contributed by atoms with Crippen molar-refractivity contribution < 1.29 is 14.3 Å². The Kier molecular flexibility index (Phi) is 5.60. The lowest BCUT2D eigenvalue weighted by Crippen LogP contribution is -2.17. The Balaban J connectivity index is 1.74. The van der Waals surface area contributed by atoms with E-state index in [1.165, 1.54) is 46.4 Å². The quantitative estimate of drug-likeness (QED) is 0.589. The number of hydrogen-bond acceptors (Lipinski definition) is 9. The molecule has 3 N–H and O–H groups in total. The lowest BCUT2D eigenvalue weighted by molar-refractivity contribution is -0.113. The standard InChI is InChI=1S/C15H18N4O3S3/c1-7-3-4-8-9(5-7)24-12(11(8)13(21)22-2)17-10(20)6-23-15-19-18-14(16)25-15/h7H,3-6H2,1-2H3,(H2,16,18)(H,17,20). The zero-order valence-electron chi connectivity index (χ0n) is 13.8. The Bertz CT molecular complexity index is 802. The molecule has 7 nitrogen and oxygen atoms in total. The molecule has 0 spiro atoms. The number of thioether (sulfide) groups is 1. The van der Waals surface area contributed by atoms with Gasteiger partial charge in [0.2, 0.25) is 11.0 Å². The molecule has 0 aromatic carbocycles. The predicted octanol–water partition coefficient (Wildman–Crippen LogP) is 2.82. The topological polar surface area (TPSA) is 107 Å². The lowest BCUT2D eigenvalue weighted by atomic mass is 9.88. The summed E-state index contributed by atoms with van der Waals surface area (Å²) in [7, 11) is 1.36. The first-order valence-electron chi connectivity index (χ1n) is 7.72. The number of esters is 1. The van der Waals surface area contributed by atoms with Crippen LogP contribution in [0.15, 0.2) is 4.34 Å². The molecule has 134 valence electrons. The summed E-state index contributed by atoms with van der Waals surface area (Å²) in [5.41, 5.74) is 7.06. The second kappa shape index (κ2) is 7.71. The van der Waals surface area contributed by atoms with Gasteiger partial charge in [-0.1, -0.05) is 30.0 Å². The minimum absolute atomic E-state index is 0.175. The van der Waals surface area contributed by atoms with Gasteiger partial charge in [-0.15, -0.1) is 21.5 Å². The zero-order valence-corrected chi connectivity index (χ0v) is 16.3. The van der Waals surface area contributed by atoms with E-state index < -0.39 is 5.97 Å². The molecule has 0 aliphatic heterocycles. The van der Waals surface area contributed by atoms with Gasteiger partial charge >= 0.3 is 5.97 Å². The lowest BCUT2D eigenvalue weighted by Gasteiger charge is -2.18. The first-order valence-corrected chi connectivity index (χ1v) is 10.3. The molecule has 1 aliphatic rings. The van der Waals surface area contributed by atoms with Gasteiger partial charge in [0.15, 0.2) is 4.34 Å². The third kappa shape index (κ3) is 4.13. The van der Waals surface area contributed by atoms with E-state index in [1.54, 1.807) is 0 Å². The van der Waals surface area contributed by atoms with Crippen LogP contribution < -0.4 is 11.1 Å². The van der Waals surface area contributed by atoms with E-state index in [4.69, 9.17) is 10.5 Å². The molecule has 1 unspecified atom stereocenters. The minimum Gasteiger partial charge on any atom is -0.465 e. The van der Waals surface area contributed by atoms with Crippen molar-refractivity contribution in [1.29, 1.82) is 0 Å². The highest BCUT2D eigenvalue weighted by Gasteiger charge is 2.28. The van der Waals surface area contributed by atoms with Crippen molar-refractivity contribution in [1.82, 2.24) is 10.2 Å². The largest absolute Gasteiger partial charge is 0.465 e. The van der Waals surface area contributed by atoms with Gasteiger partial charge in [0, 0.05) is 4.88 Å². The summed E-state index contributed by atoms with van der Waals surface area (Å²) in [5.74, 6) is 0.162. The maximum Gasteiger partial charge on any atom is 0.341 e. The van der Waals surface area contributed by atoms with Crippen LogP contribution in [-0.4, -0.2) is 34.9 Å². The van der Waals surface area contributed by atoms with E-state index in [-0.39, 0.29) is 11.7 Å². The predicted molar refractivity (Wildman–Crippen MR) is 101 cm³/mol. The SMILES string of the molecule is COC(=O)c1c(NC(=O)CSc2nnc(N)s2)sc2c1CCC(C)C2. The van der Waals surface area contributed by atoms with Crippen LogP contribution in [0.1, 0.15) is 34.1 Å². The number of nitrogens with one attached hydrogen (secondary N) is 1. The molecular formula is C15H18N4O3S3. The second-order valence-electron chi connectivity index (χ2n) is 5.79. The van der Waals surface area contributed by atoms with Crippen molar-refractivity contribution >= 4 is 56.4 Å². The molecule has 1 atom stereocenters. The molecule has 25 heavy (non-hydrogen) atoms. The molecule has 1 aliphatic carbocycles. The van der Waals surface area contributed by atoms with Crippen molar-refractivity contribution in [3.63, 3.8) is 0 Å². The smallest absolute Gasteiger partial charge is 0.341 e. The maximum atomic E-state index is 12.3. The molecule has 1 amide bonds. The molecule has 2 aromatic rings.